The van der Waals surface area contributed by atoms with Crippen LogP contribution in [0, 0.1) is 17.1 Å². The molecule has 48 heavy (non-hydrogen) atoms. The van der Waals surface area contributed by atoms with Crippen LogP contribution in [0.3, 0.4) is 0 Å². The zero-order valence-electron chi connectivity index (χ0n) is 27.3. The van der Waals surface area contributed by atoms with Crippen LogP contribution in [0.5, 0.6) is 0 Å². The summed E-state index contributed by atoms with van der Waals surface area (Å²) in [5.74, 6) is -0.140. The number of aromatic nitrogens is 3. The van der Waals surface area contributed by atoms with Crippen molar-refractivity contribution >= 4 is 29.2 Å². The Morgan fingerprint density at radius 3 is 2.48 bits per heavy atom. The summed E-state index contributed by atoms with van der Waals surface area (Å²) in [5, 5.41) is 15.5. The normalized spacial score (nSPS) is 13.6. The van der Waals surface area contributed by atoms with E-state index in [9.17, 15) is 19.2 Å². The first-order chi connectivity index (χ1) is 22.9. The molecule has 0 aliphatic carbocycles. The van der Waals surface area contributed by atoms with Crippen LogP contribution in [0.15, 0.2) is 73.1 Å². The van der Waals surface area contributed by atoms with Gasteiger partial charge in [-0.2, -0.15) is 5.26 Å². The fourth-order valence-corrected chi connectivity index (χ4v) is 5.08. The molecule has 1 atom stereocenters. The highest BCUT2D eigenvalue weighted by Crippen LogP contribution is 2.28. The second-order valence-electron chi connectivity index (χ2n) is 12.4. The molecule has 0 saturated carbocycles. The van der Waals surface area contributed by atoms with Gasteiger partial charge in [0.2, 0.25) is 0 Å². The number of carbonyl (C=O) groups is 2. The number of amides is 2. The van der Waals surface area contributed by atoms with E-state index in [-0.39, 0.29) is 23.0 Å². The molecule has 11 nitrogen and oxygen atoms in total. The van der Waals surface area contributed by atoms with Crippen LogP contribution in [0.2, 0.25) is 0 Å². The SMILES string of the molecule is CC(NC(=O)c1cc(C#N)cnc1NCc1ccc(-c2cnc(N)c(C3=CCN(C(=O)OC(C)(C)C)CC3)n2)cc1)c1ccc(F)cc1. The lowest BCUT2D eigenvalue weighted by Gasteiger charge is -2.29. The van der Waals surface area contributed by atoms with E-state index in [0.29, 0.717) is 49.1 Å². The Labute approximate surface area is 278 Å². The third kappa shape index (κ3) is 8.30. The number of rotatable bonds is 8. The molecule has 2 aromatic carbocycles. The summed E-state index contributed by atoms with van der Waals surface area (Å²) in [4.78, 5) is 40.9. The summed E-state index contributed by atoms with van der Waals surface area (Å²) in [6, 6.07) is 16.7. The summed E-state index contributed by atoms with van der Waals surface area (Å²) in [7, 11) is 0. The van der Waals surface area contributed by atoms with Gasteiger partial charge in [0.1, 0.15) is 34.8 Å². The van der Waals surface area contributed by atoms with Crippen LogP contribution >= 0.6 is 0 Å². The predicted molar refractivity (Wildman–Crippen MR) is 181 cm³/mol. The van der Waals surface area contributed by atoms with Gasteiger partial charge in [-0.15, -0.1) is 0 Å². The van der Waals surface area contributed by atoms with E-state index in [1.54, 1.807) is 30.2 Å². The highest BCUT2D eigenvalue weighted by atomic mass is 19.1. The molecule has 0 fully saturated rings. The average molecular weight is 649 g/mol. The smallest absolute Gasteiger partial charge is 0.410 e. The minimum atomic E-state index is -0.567. The van der Waals surface area contributed by atoms with E-state index < -0.39 is 17.6 Å². The van der Waals surface area contributed by atoms with Gasteiger partial charge in [0, 0.05) is 31.4 Å². The van der Waals surface area contributed by atoms with Gasteiger partial charge >= 0.3 is 6.09 Å². The van der Waals surface area contributed by atoms with Crippen molar-refractivity contribution in [1.82, 2.24) is 25.2 Å². The molecule has 2 aromatic heterocycles. The molecule has 1 aliphatic heterocycles. The first-order valence-corrected chi connectivity index (χ1v) is 15.5. The largest absolute Gasteiger partial charge is 0.444 e. The van der Waals surface area contributed by atoms with Crippen LogP contribution < -0.4 is 16.4 Å². The highest BCUT2D eigenvalue weighted by molar-refractivity contribution is 5.99. The van der Waals surface area contributed by atoms with Crippen LogP contribution in [0.1, 0.15) is 72.9 Å². The summed E-state index contributed by atoms with van der Waals surface area (Å²) >= 11 is 0. The molecule has 12 heteroatoms. The standard InChI is InChI=1S/C36H37FN8O3/c1-22(25-9-11-28(37)12-10-25)43-34(46)29-17-24(18-38)20-42-33(29)41-19-23-5-7-26(8-6-23)30-21-40-32(39)31(44-30)27-13-15-45(16-14-27)35(47)48-36(2,3)4/h5-13,17,20-22H,14-16,19H2,1-4H3,(H2,39,40)(H,41,42)(H,43,46). The van der Waals surface area contributed by atoms with Crippen LogP contribution in [0.25, 0.3) is 16.8 Å². The van der Waals surface area contributed by atoms with E-state index in [1.807, 2.05) is 57.2 Å². The number of nitrogens with one attached hydrogen (secondary N) is 2. The molecule has 5 rings (SSSR count). The van der Waals surface area contributed by atoms with Crippen molar-refractivity contribution < 1.29 is 18.7 Å². The first-order valence-electron chi connectivity index (χ1n) is 15.5. The van der Waals surface area contributed by atoms with Gasteiger partial charge in [0.15, 0.2) is 0 Å². The van der Waals surface area contributed by atoms with E-state index >= 15 is 0 Å². The molecule has 0 radical (unpaired) electrons. The molecular weight excluding hydrogens is 611 g/mol. The minimum Gasteiger partial charge on any atom is -0.444 e. The third-order valence-corrected chi connectivity index (χ3v) is 7.65. The van der Waals surface area contributed by atoms with Crippen molar-refractivity contribution in [2.75, 3.05) is 24.1 Å². The topological polar surface area (TPSA) is 159 Å². The number of ether oxygens (including phenoxy) is 1. The Balaban J connectivity index is 1.26. The Morgan fingerprint density at radius 2 is 1.83 bits per heavy atom. The van der Waals surface area contributed by atoms with Crippen molar-refractivity contribution in [3.8, 4) is 17.3 Å². The number of nitrogens with two attached hydrogens (primary N) is 1. The second kappa shape index (κ2) is 14.3. The Hall–Kier alpha value is -5.83. The van der Waals surface area contributed by atoms with E-state index in [4.69, 9.17) is 15.5 Å². The summed E-state index contributed by atoms with van der Waals surface area (Å²) in [6.45, 7) is 8.54. The quantitative estimate of drug-likeness (QED) is 0.200. The molecule has 2 amide bonds. The number of anilines is 2. The van der Waals surface area contributed by atoms with Crippen molar-refractivity contribution in [3.05, 3.63) is 107 Å². The lowest BCUT2D eigenvalue weighted by atomic mass is 10.0. The van der Waals surface area contributed by atoms with Crippen molar-refractivity contribution in [2.45, 2.75) is 52.3 Å². The molecular formula is C36H37FN8O3. The molecule has 1 aliphatic rings. The monoisotopic (exact) mass is 648 g/mol. The predicted octanol–water partition coefficient (Wildman–Crippen LogP) is 6.26. The van der Waals surface area contributed by atoms with Crippen LogP contribution in [-0.4, -0.2) is 50.5 Å². The molecule has 4 aromatic rings. The van der Waals surface area contributed by atoms with Crippen LogP contribution in [0.4, 0.5) is 20.8 Å². The number of nitriles is 1. The summed E-state index contributed by atoms with van der Waals surface area (Å²) in [5.41, 5.74) is 10.8. The fraction of sp³-hybridized carbons (Fsp3) is 0.278. The number of hydrogen-bond donors (Lipinski definition) is 3. The zero-order valence-corrected chi connectivity index (χ0v) is 27.3. The molecule has 4 N–H and O–H groups in total. The van der Waals surface area contributed by atoms with Crippen molar-refractivity contribution in [3.63, 3.8) is 0 Å². The summed E-state index contributed by atoms with van der Waals surface area (Å²) < 4.78 is 18.8. The Bertz CT molecular complexity index is 1880. The molecule has 1 unspecified atom stereocenters. The minimum absolute atomic E-state index is 0.218. The van der Waals surface area contributed by atoms with Gasteiger partial charge in [0.25, 0.3) is 5.91 Å². The lowest BCUT2D eigenvalue weighted by Crippen LogP contribution is -2.39. The van der Waals surface area contributed by atoms with Gasteiger partial charge in [-0.25, -0.2) is 24.1 Å². The number of pyridine rings is 1. The number of hydrogen-bond acceptors (Lipinski definition) is 9. The molecule has 3 heterocycles. The van der Waals surface area contributed by atoms with E-state index in [2.05, 4.69) is 20.6 Å². The zero-order chi connectivity index (χ0) is 34.4. The molecule has 0 saturated heterocycles. The van der Waals surface area contributed by atoms with Gasteiger partial charge in [-0.1, -0.05) is 42.5 Å². The van der Waals surface area contributed by atoms with Crippen molar-refractivity contribution in [2.24, 2.45) is 0 Å². The average Bonchev–Trinajstić information content (AvgIpc) is 3.07. The number of benzene rings is 2. The summed E-state index contributed by atoms with van der Waals surface area (Å²) in [6.07, 6.45) is 5.18. The number of nitrogen functional groups attached to an aromatic ring is 1. The molecule has 0 spiro atoms. The second-order valence-corrected chi connectivity index (χ2v) is 12.4. The maximum absolute atomic E-state index is 13.4. The Morgan fingerprint density at radius 1 is 1.10 bits per heavy atom. The van der Waals surface area contributed by atoms with E-state index in [0.717, 1.165) is 22.3 Å². The Kier molecular flexibility index (Phi) is 9.99. The van der Waals surface area contributed by atoms with Gasteiger partial charge in [0.05, 0.1) is 29.1 Å². The van der Waals surface area contributed by atoms with Gasteiger partial charge in [-0.05, 0) is 69.0 Å². The van der Waals surface area contributed by atoms with E-state index in [1.165, 1.54) is 24.4 Å². The number of nitrogens with zero attached hydrogens (tertiary/aromatic N) is 5. The fourth-order valence-electron chi connectivity index (χ4n) is 5.08. The maximum Gasteiger partial charge on any atom is 0.410 e. The highest BCUT2D eigenvalue weighted by Gasteiger charge is 2.25. The number of carbonyl (C=O) groups excluding carboxylic acids is 2. The molecule has 246 valence electrons. The van der Waals surface area contributed by atoms with Gasteiger partial charge < -0.3 is 26.0 Å². The van der Waals surface area contributed by atoms with Crippen LogP contribution in [-0.2, 0) is 11.3 Å². The lowest BCUT2D eigenvalue weighted by molar-refractivity contribution is 0.0270. The van der Waals surface area contributed by atoms with Gasteiger partial charge in [-0.3, -0.25) is 4.79 Å². The number of halogens is 1. The third-order valence-electron chi connectivity index (χ3n) is 7.65. The van der Waals surface area contributed by atoms with Crippen molar-refractivity contribution in [1.29, 1.82) is 5.26 Å². The first kappa shape index (κ1) is 33.5. The maximum atomic E-state index is 13.4. The molecule has 0 bridgehead atoms.